The van der Waals surface area contributed by atoms with Crippen LogP contribution in [0.2, 0.25) is 0 Å². The van der Waals surface area contributed by atoms with Crippen molar-refractivity contribution in [3.05, 3.63) is 18.3 Å². The van der Waals surface area contributed by atoms with Crippen molar-refractivity contribution in [2.45, 2.75) is 31.3 Å². The molecule has 7 heteroatoms. The first kappa shape index (κ1) is 16.6. The van der Waals surface area contributed by atoms with Crippen LogP contribution < -0.4 is 15.0 Å². The number of methoxy groups -OCH3 is 1. The summed E-state index contributed by atoms with van der Waals surface area (Å²) in [5.74, 6) is 1.04. The normalized spacial score (nSPS) is 32.6. The number of carboxylic acid groups (broad SMARTS) is 1. The predicted octanol–water partition coefficient (Wildman–Crippen LogP) is 0.808. The lowest BCUT2D eigenvalue weighted by molar-refractivity contribution is -0.148. The summed E-state index contributed by atoms with van der Waals surface area (Å²) in [6, 6.07) is 4.00. The number of carboxylic acids is 1. The maximum absolute atomic E-state index is 11.4. The molecule has 2 aliphatic heterocycles. The van der Waals surface area contributed by atoms with E-state index in [1.54, 1.807) is 13.3 Å². The topological polar surface area (TPSA) is 77.9 Å². The quantitative estimate of drug-likeness (QED) is 0.835. The van der Waals surface area contributed by atoms with Gasteiger partial charge in [-0.25, -0.2) is 4.98 Å². The van der Waals surface area contributed by atoms with E-state index in [-0.39, 0.29) is 11.5 Å². The van der Waals surface area contributed by atoms with Crippen molar-refractivity contribution in [1.29, 1.82) is 0 Å². The fourth-order valence-electron chi connectivity index (χ4n) is 4.78. The maximum atomic E-state index is 11.4. The molecule has 3 aliphatic rings. The molecule has 2 N–H and O–H groups in total. The molecule has 3 heterocycles. The van der Waals surface area contributed by atoms with Gasteiger partial charge in [0, 0.05) is 50.4 Å². The number of aromatic nitrogens is 1. The van der Waals surface area contributed by atoms with Crippen LogP contribution in [-0.2, 0) is 4.79 Å². The Labute approximate surface area is 148 Å². The molecule has 1 spiro atoms. The lowest BCUT2D eigenvalue weighted by Gasteiger charge is -2.46. The third-order valence-electron chi connectivity index (χ3n) is 6.24. The van der Waals surface area contributed by atoms with E-state index in [0.717, 1.165) is 63.6 Å². The lowest BCUT2D eigenvalue weighted by atomic mass is 9.72. The van der Waals surface area contributed by atoms with Crippen molar-refractivity contribution in [2.75, 3.05) is 44.7 Å². The van der Waals surface area contributed by atoms with E-state index in [4.69, 9.17) is 4.74 Å². The number of ether oxygens (including phenoxy) is 1. The molecule has 3 atom stereocenters. The molecule has 1 aromatic heterocycles. The van der Waals surface area contributed by atoms with Gasteiger partial charge in [-0.2, -0.15) is 0 Å². The third kappa shape index (κ3) is 2.85. The highest BCUT2D eigenvalue weighted by Gasteiger charge is 2.55. The van der Waals surface area contributed by atoms with Crippen molar-refractivity contribution >= 4 is 11.8 Å². The molecular formula is C18H26N4O3. The number of aliphatic carboxylic acids is 1. The molecule has 0 radical (unpaired) electrons. The summed E-state index contributed by atoms with van der Waals surface area (Å²) in [5.41, 5.74) is -0.0160. The van der Waals surface area contributed by atoms with Gasteiger partial charge in [0.1, 0.15) is 6.04 Å². The first-order valence-electron chi connectivity index (χ1n) is 9.07. The smallest absolute Gasteiger partial charge is 0.321 e. The second-order valence-electron chi connectivity index (χ2n) is 7.46. The van der Waals surface area contributed by atoms with Gasteiger partial charge in [0.15, 0.2) is 11.6 Å². The van der Waals surface area contributed by atoms with Gasteiger partial charge < -0.3 is 20.1 Å². The Morgan fingerprint density at radius 2 is 2.20 bits per heavy atom. The SMILES string of the molecule is COc1cccnc1N1CCN([C@@H]2CCC3(CNC3C(=O)O)C2)CC1. The molecular weight excluding hydrogens is 320 g/mol. The number of piperazine rings is 1. The van der Waals surface area contributed by atoms with E-state index < -0.39 is 5.97 Å². The standard InChI is InChI=1S/C18H26N4O3/c1-25-14-3-2-6-19-16(14)22-9-7-21(8-10-22)13-4-5-18(11-13)12-20-15(18)17(23)24/h2-3,6,13,15,20H,4-5,7-12H2,1H3,(H,23,24)/t13-,15?,18?/m1/s1. The molecule has 25 heavy (non-hydrogen) atoms. The monoisotopic (exact) mass is 346 g/mol. The van der Waals surface area contributed by atoms with Gasteiger partial charge in [-0.3, -0.25) is 9.69 Å². The Morgan fingerprint density at radius 1 is 1.40 bits per heavy atom. The number of nitrogens with zero attached hydrogens (tertiary/aromatic N) is 3. The van der Waals surface area contributed by atoms with E-state index in [9.17, 15) is 9.90 Å². The molecule has 4 rings (SSSR count). The largest absolute Gasteiger partial charge is 0.493 e. The van der Waals surface area contributed by atoms with Crippen molar-refractivity contribution in [1.82, 2.24) is 15.2 Å². The molecule has 0 aromatic carbocycles. The molecule has 7 nitrogen and oxygen atoms in total. The lowest BCUT2D eigenvalue weighted by Crippen LogP contribution is -2.65. The van der Waals surface area contributed by atoms with Crippen LogP contribution in [0, 0.1) is 5.41 Å². The zero-order chi connectivity index (χ0) is 17.4. The Balaban J connectivity index is 1.36. The fraction of sp³-hybridized carbons (Fsp3) is 0.667. The van der Waals surface area contributed by atoms with E-state index in [1.165, 1.54) is 0 Å². The van der Waals surface area contributed by atoms with Gasteiger partial charge in [0.05, 0.1) is 7.11 Å². The van der Waals surface area contributed by atoms with Crippen LogP contribution in [0.15, 0.2) is 18.3 Å². The minimum absolute atomic E-state index is 0.0160. The maximum Gasteiger partial charge on any atom is 0.321 e. The highest BCUT2D eigenvalue weighted by Crippen LogP contribution is 2.47. The number of hydrogen-bond acceptors (Lipinski definition) is 6. The number of rotatable bonds is 4. The summed E-state index contributed by atoms with van der Waals surface area (Å²) in [7, 11) is 1.68. The average Bonchev–Trinajstić information content (AvgIpc) is 3.08. The van der Waals surface area contributed by atoms with E-state index >= 15 is 0 Å². The van der Waals surface area contributed by atoms with Crippen molar-refractivity contribution in [2.24, 2.45) is 5.41 Å². The van der Waals surface area contributed by atoms with Crippen LogP contribution in [0.4, 0.5) is 5.82 Å². The van der Waals surface area contributed by atoms with Gasteiger partial charge in [0.2, 0.25) is 0 Å². The highest BCUT2D eigenvalue weighted by atomic mass is 16.5. The van der Waals surface area contributed by atoms with Gasteiger partial charge in [-0.1, -0.05) is 0 Å². The molecule has 1 aromatic rings. The predicted molar refractivity (Wildman–Crippen MR) is 94.1 cm³/mol. The first-order chi connectivity index (χ1) is 12.1. The Kier molecular flexibility index (Phi) is 4.29. The number of pyridine rings is 1. The van der Waals surface area contributed by atoms with Gasteiger partial charge in [0.25, 0.3) is 0 Å². The molecule has 136 valence electrons. The molecule has 0 amide bonds. The average molecular weight is 346 g/mol. The van der Waals surface area contributed by atoms with Crippen LogP contribution >= 0.6 is 0 Å². The summed E-state index contributed by atoms with van der Waals surface area (Å²) in [6.07, 6.45) is 4.94. The summed E-state index contributed by atoms with van der Waals surface area (Å²) in [5, 5.41) is 12.5. The minimum Gasteiger partial charge on any atom is -0.493 e. The van der Waals surface area contributed by atoms with Crippen LogP contribution in [-0.4, -0.2) is 72.9 Å². The minimum atomic E-state index is -0.695. The summed E-state index contributed by atoms with van der Waals surface area (Å²) in [4.78, 5) is 20.7. The molecule has 2 unspecified atom stereocenters. The van der Waals surface area contributed by atoms with Crippen LogP contribution in [0.5, 0.6) is 5.75 Å². The molecule has 2 saturated heterocycles. The number of nitrogens with one attached hydrogen (secondary N) is 1. The summed E-state index contributed by atoms with van der Waals surface area (Å²) < 4.78 is 5.43. The zero-order valence-corrected chi connectivity index (χ0v) is 14.6. The molecule has 3 fully saturated rings. The van der Waals surface area contributed by atoms with E-state index in [1.807, 2.05) is 12.1 Å². The molecule has 1 aliphatic carbocycles. The molecule has 1 saturated carbocycles. The van der Waals surface area contributed by atoms with Crippen LogP contribution in [0.25, 0.3) is 0 Å². The third-order valence-corrected chi connectivity index (χ3v) is 6.24. The van der Waals surface area contributed by atoms with Crippen molar-refractivity contribution < 1.29 is 14.6 Å². The van der Waals surface area contributed by atoms with Gasteiger partial charge >= 0.3 is 5.97 Å². The van der Waals surface area contributed by atoms with Gasteiger partial charge in [-0.15, -0.1) is 0 Å². The zero-order valence-electron chi connectivity index (χ0n) is 14.6. The number of carbonyl (C=O) groups is 1. The first-order valence-corrected chi connectivity index (χ1v) is 9.07. The fourth-order valence-corrected chi connectivity index (χ4v) is 4.78. The Bertz CT molecular complexity index is 647. The van der Waals surface area contributed by atoms with Crippen LogP contribution in [0.3, 0.4) is 0 Å². The Hall–Kier alpha value is -1.86. The number of hydrogen-bond donors (Lipinski definition) is 2. The van der Waals surface area contributed by atoms with Gasteiger partial charge in [-0.05, 0) is 31.4 Å². The van der Waals surface area contributed by atoms with Crippen LogP contribution in [0.1, 0.15) is 19.3 Å². The van der Waals surface area contributed by atoms with E-state index in [2.05, 4.69) is 20.1 Å². The van der Waals surface area contributed by atoms with Crippen molar-refractivity contribution in [3.8, 4) is 5.75 Å². The van der Waals surface area contributed by atoms with Crippen molar-refractivity contribution in [3.63, 3.8) is 0 Å². The summed E-state index contributed by atoms with van der Waals surface area (Å²) >= 11 is 0. The molecule has 0 bridgehead atoms. The summed E-state index contributed by atoms with van der Waals surface area (Å²) in [6.45, 7) is 4.69. The second-order valence-corrected chi connectivity index (χ2v) is 7.46. The van der Waals surface area contributed by atoms with E-state index in [0.29, 0.717) is 6.04 Å². The second kappa shape index (κ2) is 6.46. The highest BCUT2D eigenvalue weighted by molar-refractivity contribution is 5.76. The number of anilines is 1. The Morgan fingerprint density at radius 3 is 2.84 bits per heavy atom.